The number of aromatic nitrogens is 1. The number of ether oxygens (including phenoxy) is 1. The molecule has 1 aromatic heterocycles. The molecule has 3 rings (SSSR count). The molecule has 0 bridgehead atoms. The lowest BCUT2D eigenvalue weighted by atomic mass is 10.3. The summed E-state index contributed by atoms with van der Waals surface area (Å²) in [6, 6.07) is 8.33. The smallest absolute Gasteiger partial charge is 0.193 e. The number of likely N-dealkylation sites (N-methyl/N-ethyl adjacent to an activating group) is 1. The monoisotopic (exact) mass is 502 g/mol. The topological polar surface area (TPSA) is 49.8 Å². The van der Waals surface area contributed by atoms with Gasteiger partial charge < -0.3 is 15.0 Å². The third-order valence-corrected chi connectivity index (χ3v) is 5.56. The number of hydrogen-bond acceptors (Lipinski definition) is 4. The second kappa shape index (κ2) is 11.8. The lowest BCUT2D eigenvalue weighted by Gasteiger charge is -2.22. The molecule has 0 spiro atoms. The van der Waals surface area contributed by atoms with Crippen LogP contribution in [0.3, 0.4) is 0 Å². The molecule has 0 amide bonds. The fourth-order valence-electron chi connectivity index (χ4n) is 2.75. The van der Waals surface area contributed by atoms with Gasteiger partial charge in [0.05, 0.1) is 21.8 Å². The van der Waals surface area contributed by atoms with Gasteiger partial charge in [-0.15, -0.1) is 35.3 Å². The van der Waals surface area contributed by atoms with Gasteiger partial charge in [-0.3, -0.25) is 4.99 Å². The Bertz CT molecular complexity index is 684. The number of halogens is 1. The van der Waals surface area contributed by atoms with E-state index in [0.29, 0.717) is 0 Å². The molecule has 1 aliphatic rings. The van der Waals surface area contributed by atoms with E-state index in [2.05, 4.69) is 42.4 Å². The van der Waals surface area contributed by atoms with Crippen molar-refractivity contribution in [3.8, 4) is 0 Å². The summed E-state index contributed by atoms with van der Waals surface area (Å²) in [5.74, 6) is 1.79. The van der Waals surface area contributed by atoms with Crippen molar-refractivity contribution in [3.05, 3.63) is 29.3 Å². The second-order valence-electron chi connectivity index (χ2n) is 6.85. The van der Waals surface area contributed by atoms with E-state index in [1.807, 2.05) is 6.07 Å². The Morgan fingerprint density at radius 3 is 2.93 bits per heavy atom. The standard InChI is InChI=1S/C20H30N4OS.HI/c1-3-21-20(24(2)13-14-25-15-16-10-11-16)22-12-6-9-19-23-17-7-4-5-8-18(17)26-19;/h4-5,7-8,16H,3,6,9-15H2,1-2H3,(H,21,22);1H. The van der Waals surface area contributed by atoms with Crippen molar-refractivity contribution in [1.29, 1.82) is 0 Å². The van der Waals surface area contributed by atoms with E-state index < -0.39 is 0 Å². The molecule has 0 radical (unpaired) electrons. The predicted molar refractivity (Wildman–Crippen MR) is 126 cm³/mol. The minimum absolute atomic E-state index is 0. The molecule has 0 atom stereocenters. The molecule has 0 unspecified atom stereocenters. The maximum atomic E-state index is 5.74. The SMILES string of the molecule is CCNC(=NCCCc1nc2ccccc2s1)N(C)CCOCC1CC1.I. The number of guanidine groups is 1. The van der Waals surface area contributed by atoms with Gasteiger partial charge in [0.1, 0.15) is 0 Å². The van der Waals surface area contributed by atoms with Gasteiger partial charge in [-0.2, -0.15) is 0 Å². The zero-order valence-electron chi connectivity index (χ0n) is 16.3. The van der Waals surface area contributed by atoms with Gasteiger partial charge in [0, 0.05) is 39.7 Å². The molecule has 27 heavy (non-hydrogen) atoms. The van der Waals surface area contributed by atoms with Crippen molar-refractivity contribution < 1.29 is 4.74 Å². The number of nitrogens with one attached hydrogen (secondary N) is 1. The number of benzene rings is 1. The lowest BCUT2D eigenvalue weighted by molar-refractivity contribution is 0.115. The van der Waals surface area contributed by atoms with Crippen LogP contribution in [0.1, 0.15) is 31.2 Å². The first-order chi connectivity index (χ1) is 12.8. The Balaban J connectivity index is 0.00000261. The fourth-order valence-corrected chi connectivity index (χ4v) is 3.76. The maximum Gasteiger partial charge on any atom is 0.193 e. The fraction of sp³-hybridized carbons (Fsp3) is 0.600. The average molecular weight is 502 g/mol. The van der Waals surface area contributed by atoms with E-state index in [1.54, 1.807) is 11.3 Å². The minimum Gasteiger partial charge on any atom is -0.379 e. The zero-order chi connectivity index (χ0) is 18.2. The minimum atomic E-state index is 0. The molecule has 1 N–H and O–H groups in total. The van der Waals surface area contributed by atoms with E-state index in [9.17, 15) is 0 Å². The molecule has 0 aliphatic heterocycles. The van der Waals surface area contributed by atoms with Gasteiger partial charge in [0.15, 0.2) is 5.96 Å². The Labute approximate surface area is 183 Å². The third kappa shape index (κ3) is 7.54. The largest absolute Gasteiger partial charge is 0.379 e. The molecule has 1 fully saturated rings. The van der Waals surface area contributed by atoms with E-state index in [4.69, 9.17) is 14.7 Å². The van der Waals surface area contributed by atoms with Crippen LogP contribution < -0.4 is 5.32 Å². The number of hydrogen-bond donors (Lipinski definition) is 1. The van der Waals surface area contributed by atoms with Gasteiger partial charge in [0.2, 0.25) is 0 Å². The van der Waals surface area contributed by atoms with E-state index in [-0.39, 0.29) is 24.0 Å². The average Bonchev–Trinajstić information content (AvgIpc) is 3.38. The van der Waals surface area contributed by atoms with Crippen molar-refractivity contribution in [2.24, 2.45) is 10.9 Å². The maximum absolute atomic E-state index is 5.74. The summed E-state index contributed by atoms with van der Waals surface area (Å²) in [5, 5.41) is 4.57. The summed E-state index contributed by atoms with van der Waals surface area (Å²) < 4.78 is 7.01. The van der Waals surface area contributed by atoms with Crippen LogP contribution in [0.15, 0.2) is 29.3 Å². The normalized spacial score (nSPS) is 14.2. The van der Waals surface area contributed by atoms with E-state index >= 15 is 0 Å². The first-order valence-electron chi connectivity index (χ1n) is 9.68. The number of aliphatic imine (C=N–C) groups is 1. The summed E-state index contributed by atoms with van der Waals surface area (Å²) in [5.41, 5.74) is 1.11. The number of fused-ring (bicyclic) bond motifs is 1. The molecule has 150 valence electrons. The molecular formula is C20H31IN4OS. The van der Waals surface area contributed by atoms with Crippen LogP contribution in [0.5, 0.6) is 0 Å². The lowest BCUT2D eigenvalue weighted by Crippen LogP contribution is -2.40. The van der Waals surface area contributed by atoms with Gasteiger partial charge in [-0.25, -0.2) is 4.98 Å². The number of nitrogens with zero attached hydrogens (tertiary/aromatic N) is 3. The van der Waals surface area contributed by atoms with Crippen LogP contribution in [0.25, 0.3) is 10.2 Å². The zero-order valence-corrected chi connectivity index (χ0v) is 19.5. The van der Waals surface area contributed by atoms with Gasteiger partial charge in [0.25, 0.3) is 0 Å². The molecule has 2 aromatic rings. The Kier molecular flexibility index (Phi) is 9.78. The highest BCUT2D eigenvalue weighted by Gasteiger charge is 2.21. The first-order valence-corrected chi connectivity index (χ1v) is 10.5. The Morgan fingerprint density at radius 2 is 2.19 bits per heavy atom. The second-order valence-corrected chi connectivity index (χ2v) is 7.97. The first kappa shape index (κ1) is 22.4. The number of thiazole rings is 1. The Morgan fingerprint density at radius 1 is 1.37 bits per heavy atom. The Hall–Kier alpha value is -0.930. The van der Waals surface area contributed by atoms with Crippen LogP contribution in [-0.4, -0.2) is 55.7 Å². The van der Waals surface area contributed by atoms with Crippen LogP contribution in [0.2, 0.25) is 0 Å². The molecule has 7 heteroatoms. The van der Waals surface area contributed by atoms with Crippen LogP contribution >= 0.6 is 35.3 Å². The van der Waals surface area contributed by atoms with Crippen molar-refractivity contribution in [2.75, 3.05) is 39.9 Å². The molecule has 0 saturated heterocycles. The van der Waals surface area contributed by atoms with E-state index in [1.165, 1.54) is 22.5 Å². The highest BCUT2D eigenvalue weighted by atomic mass is 127. The van der Waals surface area contributed by atoms with Crippen molar-refractivity contribution in [1.82, 2.24) is 15.2 Å². The van der Waals surface area contributed by atoms with Crippen molar-refractivity contribution in [2.45, 2.75) is 32.6 Å². The molecule has 5 nitrogen and oxygen atoms in total. The van der Waals surface area contributed by atoms with Gasteiger partial charge in [-0.05, 0) is 44.2 Å². The molecule has 1 aliphatic carbocycles. The molecule has 1 aromatic carbocycles. The van der Waals surface area contributed by atoms with Crippen molar-refractivity contribution in [3.63, 3.8) is 0 Å². The summed E-state index contributed by atoms with van der Waals surface area (Å²) in [7, 11) is 2.08. The number of para-hydroxylation sites is 1. The summed E-state index contributed by atoms with van der Waals surface area (Å²) >= 11 is 1.79. The van der Waals surface area contributed by atoms with E-state index in [0.717, 1.165) is 63.1 Å². The molecular weight excluding hydrogens is 471 g/mol. The van der Waals surface area contributed by atoms with Gasteiger partial charge >= 0.3 is 0 Å². The van der Waals surface area contributed by atoms with Crippen molar-refractivity contribution >= 4 is 51.5 Å². The third-order valence-electron chi connectivity index (χ3n) is 4.47. The summed E-state index contributed by atoms with van der Waals surface area (Å²) in [6.07, 6.45) is 4.68. The predicted octanol–water partition coefficient (Wildman–Crippen LogP) is 4.17. The van der Waals surface area contributed by atoms with Crippen LogP contribution in [0.4, 0.5) is 0 Å². The molecule has 1 saturated carbocycles. The van der Waals surface area contributed by atoms with Gasteiger partial charge in [-0.1, -0.05) is 12.1 Å². The number of rotatable bonds is 10. The highest BCUT2D eigenvalue weighted by molar-refractivity contribution is 14.0. The summed E-state index contributed by atoms with van der Waals surface area (Å²) in [6.45, 7) is 6.35. The van der Waals surface area contributed by atoms with Crippen LogP contribution in [0, 0.1) is 5.92 Å². The molecule has 1 heterocycles. The van der Waals surface area contributed by atoms with Crippen LogP contribution in [-0.2, 0) is 11.2 Å². The highest BCUT2D eigenvalue weighted by Crippen LogP contribution is 2.28. The number of aryl methyl sites for hydroxylation is 1. The quantitative estimate of drug-likeness (QED) is 0.229. The summed E-state index contributed by atoms with van der Waals surface area (Å²) in [4.78, 5) is 11.6.